The van der Waals surface area contributed by atoms with Crippen molar-refractivity contribution in [1.29, 1.82) is 0 Å². The van der Waals surface area contributed by atoms with Crippen molar-refractivity contribution in [2.45, 2.75) is 58.0 Å². The van der Waals surface area contributed by atoms with E-state index in [-0.39, 0.29) is 11.9 Å². The number of carbonyl (C=O) groups is 1. The zero-order valence-corrected chi connectivity index (χ0v) is 12.4. The van der Waals surface area contributed by atoms with Gasteiger partial charge in [-0.2, -0.15) is 0 Å². The van der Waals surface area contributed by atoms with E-state index in [0.717, 1.165) is 25.6 Å². The molecule has 1 amide bonds. The van der Waals surface area contributed by atoms with Gasteiger partial charge >= 0.3 is 0 Å². The summed E-state index contributed by atoms with van der Waals surface area (Å²) in [5.41, 5.74) is 0. The summed E-state index contributed by atoms with van der Waals surface area (Å²) in [4.78, 5) is 12.1. The van der Waals surface area contributed by atoms with Gasteiger partial charge in [-0.25, -0.2) is 0 Å². The summed E-state index contributed by atoms with van der Waals surface area (Å²) in [6.45, 7) is 6.90. The highest BCUT2D eigenvalue weighted by Gasteiger charge is 2.25. The fourth-order valence-corrected chi connectivity index (χ4v) is 3.18. The van der Waals surface area contributed by atoms with E-state index in [0.29, 0.717) is 12.0 Å². The van der Waals surface area contributed by atoms with E-state index >= 15 is 0 Å². The maximum Gasteiger partial charge on any atom is 0.238 e. The molecule has 0 spiro atoms. The second-order valence-electron chi connectivity index (χ2n) is 6.31. The van der Waals surface area contributed by atoms with Gasteiger partial charge in [0.15, 0.2) is 0 Å². The lowest BCUT2D eigenvalue weighted by molar-refractivity contribution is -0.123. The Morgan fingerprint density at radius 3 is 2.37 bits per heavy atom. The Morgan fingerprint density at radius 1 is 1.11 bits per heavy atom. The van der Waals surface area contributed by atoms with Crippen molar-refractivity contribution < 1.29 is 4.79 Å². The molecule has 1 saturated carbocycles. The summed E-state index contributed by atoms with van der Waals surface area (Å²) in [6.07, 6.45) is 6.57. The van der Waals surface area contributed by atoms with E-state index in [9.17, 15) is 4.79 Å². The molecule has 1 aliphatic carbocycles. The lowest BCUT2D eigenvalue weighted by Crippen LogP contribution is -2.59. The quantitative estimate of drug-likeness (QED) is 0.719. The second-order valence-corrected chi connectivity index (χ2v) is 6.31. The fourth-order valence-electron chi connectivity index (χ4n) is 3.18. The molecule has 3 N–H and O–H groups in total. The maximum absolute atomic E-state index is 12.1. The third-order valence-electron chi connectivity index (χ3n) is 4.77. The zero-order valence-electron chi connectivity index (χ0n) is 12.4. The molecule has 110 valence electrons. The summed E-state index contributed by atoms with van der Waals surface area (Å²) in [5, 5.41) is 9.77. The number of amides is 1. The third-order valence-corrected chi connectivity index (χ3v) is 4.77. The van der Waals surface area contributed by atoms with Crippen molar-refractivity contribution in [2.75, 3.05) is 19.6 Å². The Morgan fingerprint density at radius 2 is 1.79 bits per heavy atom. The van der Waals surface area contributed by atoms with Gasteiger partial charge in [-0.15, -0.1) is 0 Å². The topological polar surface area (TPSA) is 53.2 Å². The number of hydrogen-bond donors (Lipinski definition) is 3. The van der Waals surface area contributed by atoms with Crippen molar-refractivity contribution in [1.82, 2.24) is 16.0 Å². The summed E-state index contributed by atoms with van der Waals surface area (Å²) < 4.78 is 0. The van der Waals surface area contributed by atoms with Gasteiger partial charge in [-0.1, -0.05) is 26.2 Å². The van der Waals surface area contributed by atoms with Crippen LogP contribution in [0.3, 0.4) is 0 Å². The van der Waals surface area contributed by atoms with Crippen LogP contribution in [0.5, 0.6) is 0 Å². The number of carbonyl (C=O) groups excluding carboxylic acids is 1. The molecule has 0 aromatic carbocycles. The molecule has 1 saturated heterocycles. The van der Waals surface area contributed by atoms with Crippen LogP contribution in [0.25, 0.3) is 0 Å². The number of hydrogen-bond acceptors (Lipinski definition) is 3. The minimum absolute atomic E-state index is 0.0526. The first kappa shape index (κ1) is 14.8. The van der Waals surface area contributed by atoms with E-state index in [1.807, 2.05) is 0 Å². The van der Waals surface area contributed by atoms with Gasteiger partial charge in [0, 0.05) is 25.7 Å². The average molecular weight is 267 g/mol. The molecule has 4 nitrogen and oxygen atoms in total. The number of nitrogens with one attached hydrogen (secondary N) is 3. The van der Waals surface area contributed by atoms with Crippen LogP contribution in [0.2, 0.25) is 0 Å². The van der Waals surface area contributed by atoms with Crippen LogP contribution in [0.1, 0.15) is 46.0 Å². The maximum atomic E-state index is 12.1. The van der Waals surface area contributed by atoms with Crippen molar-refractivity contribution in [3.63, 3.8) is 0 Å². The van der Waals surface area contributed by atoms with Crippen molar-refractivity contribution in [3.8, 4) is 0 Å². The SMILES string of the molecule is CCC1CCC(CNC(=O)C2CNC(C)CN2)CC1. The molecule has 1 heterocycles. The molecule has 2 unspecified atom stereocenters. The van der Waals surface area contributed by atoms with Gasteiger partial charge in [0.1, 0.15) is 0 Å². The van der Waals surface area contributed by atoms with E-state index < -0.39 is 0 Å². The highest BCUT2D eigenvalue weighted by atomic mass is 16.2. The predicted molar refractivity (Wildman–Crippen MR) is 78.0 cm³/mol. The van der Waals surface area contributed by atoms with Gasteiger partial charge in [0.05, 0.1) is 6.04 Å². The normalized spacial score (nSPS) is 35.9. The molecule has 4 heteroatoms. The largest absolute Gasteiger partial charge is 0.354 e. The molecular weight excluding hydrogens is 238 g/mol. The fraction of sp³-hybridized carbons (Fsp3) is 0.933. The molecule has 0 radical (unpaired) electrons. The van der Waals surface area contributed by atoms with Crippen LogP contribution in [-0.2, 0) is 4.79 Å². The Balaban J connectivity index is 1.64. The van der Waals surface area contributed by atoms with Crippen LogP contribution < -0.4 is 16.0 Å². The zero-order chi connectivity index (χ0) is 13.7. The van der Waals surface area contributed by atoms with Crippen molar-refractivity contribution in [2.24, 2.45) is 11.8 Å². The molecule has 2 aliphatic rings. The van der Waals surface area contributed by atoms with Crippen LogP contribution in [-0.4, -0.2) is 37.6 Å². The summed E-state index contributed by atoms with van der Waals surface area (Å²) in [7, 11) is 0. The Bertz CT molecular complexity index is 279. The molecule has 1 aliphatic heterocycles. The van der Waals surface area contributed by atoms with Crippen molar-refractivity contribution in [3.05, 3.63) is 0 Å². The van der Waals surface area contributed by atoms with Gasteiger partial charge in [0.25, 0.3) is 0 Å². The minimum Gasteiger partial charge on any atom is -0.354 e. The smallest absolute Gasteiger partial charge is 0.238 e. The molecule has 0 bridgehead atoms. The van der Waals surface area contributed by atoms with Crippen LogP contribution in [0.15, 0.2) is 0 Å². The molecule has 19 heavy (non-hydrogen) atoms. The Kier molecular flexibility index (Phi) is 5.64. The lowest BCUT2D eigenvalue weighted by atomic mass is 9.81. The monoisotopic (exact) mass is 267 g/mol. The van der Waals surface area contributed by atoms with E-state index in [4.69, 9.17) is 0 Å². The molecule has 2 fully saturated rings. The molecule has 2 rings (SSSR count). The van der Waals surface area contributed by atoms with Crippen LogP contribution >= 0.6 is 0 Å². The highest BCUT2D eigenvalue weighted by Crippen LogP contribution is 2.30. The summed E-state index contributed by atoms with van der Waals surface area (Å²) >= 11 is 0. The summed E-state index contributed by atoms with van der Waals surface area (Å²) in [5.74, 6) is 1.79. The van der Waals surface area contributed by atoms with Crippen LogP contribution in [0.4, 0.5) is 0 Å². The van der Waals surface area contributed by atoms with Gasteiger partial charge in [-0.3, -0.25) is 4.79 Å². The summed E-state index contributed by atoms with van der Waals surface area (Å²) in [6, 6.07) is 0.413. The predicted octanol–water partition coefficient (Wildman–Crippen LogP) is 1.27. The Labute approximate surface area is 117 Å². The first-order valence-electron chi connectivity index (χ1n) is 7.93. The number of rotatable bonds is 4. The average Bonchev–Trinajstić information content (AvgIpc) is 2.46. The first-order valence-corrected chi connectivity index (χ1v) is 7.93. The lowest BCUT2D eigenvalue weighted by Gasteiger charge is -2.30. The van der Waals surface area contributed by atoms with Gasteiger partial charge < -0.3 is 16.0 Å². The Hall–Kier alpha value is -0.610. The molecular formula is C15H29N3O. The third kappa shape index (κ3) is 4.46. The van der Waals surface area contributed by atoms with E-state index in [1.54, 1.807) is 0 Å². The number of piperazine rings is 1. The first-order chi connectivity index (χ1) is 9.19. The standard InChI is InChI=1S/C15H29N3O/c1-3-12-4-6-13(7-5-12)9-18-15(19)14-10-16-11(2)8-17-14/h11-14,16-17H,3-10H2,1-2H3,(H,18,19). The van der Waals surface area contributed by atoms with Crippen molar-refractivity contribution >= 4 is 5.91 Å². The molecule has 2 atom stereocenters. The van der Waals surface area contributed by atoms with Gasteiger partial charge in [-0.05, 0) is 31.6 Å². The molecule has 0 aromatic rings. The minimum atomic E-state index is -0.0526. The van der Waals surface area contributed by atoms with Crippen LogP contribution in [0, 0.1) is 11.8 Å². The molecule has 0 aromatic heterocycles. The highest BCUT2D eigenvalue weighted by molar-refractivity contribution is 5.82. The van der Waals surface area contributed by atoms with E-state index in [2.05, 4.69) is 29.8 Å². The second kappa shape index (κ2) is 7.25. The van der Waals surface area contributed by atoms with E-state index in [1.165, 1.54) is 32.1 Å². The van der Waals surface area contributed by atoms with Gasteiger partial charge in [0.2, 0.25) is 5.91 Å².